The zero-order valence-electron chi connectivity index (χ0n) is 10.8. The zero-order chi connectivity index (χ0) is 14.0. The van der Waals surface area contributed by atoms with Gasteiger partial charge in [-0.15, -0.1) is 0 Å². The summed E-state index contributed by atoms with van der Waals surface area (Å²) >= 11 is 0. The van der Waals surface area contributed by atoms with Crippen molar-refractivity contribution >= 4 is 15.8 Å². The third-order valence-electron chi connectivity index (χ3n) is 2.85. The molecule has 2 heterocycles. The molecule has 0 bridgehead atoms. The summed E-state index contributed by atoms with van der Waals surface area (Å²) in [6.07, 6.45) is 4.05. The lowest BCUT2D eigenvalue weighted by Crippen LogP contribution is -2.15. The second-order valence-corrected chi connectivity index (χ2v) is 6.10. The third kappa shape index (κ3) is 3.45. The van der Waals surface area contributed by atoms with E-state index in [4.69, 9.17) is 9.29 Å². The number of rotatable bonds is 5. The first-order valence-corrected chi connectivity index (χ1v) is 7.45. The molecular weight excluding hydrogens is 268 g/mol. The Labute approximate surface area is 111 Å². The lowest BCUT2D eigenvalue weighted by atomic mass is 10.1. The minimum absolute atomic E-state index is 0.183. The lowest BCUT2D eigenvalue weighted by Gasteiger charge is -2.09. The zero-order valence-corrected chi connectivity index (χ0v) is 11.6. The summed E-state index contributed by atoms with van der Waals surface area (Å²) in [5.74, 6) is 0.281. The molecule has 0 spiro atoms. The summed E-state index contributed by atoms with van der Waals surface area (Å²) in [4.78, 5) is 4.25. The van der Waals surface area contributed by atoms with E-state index >= 15 is 0 Å². The van der Waals surface area contributed by atoms with Gasteiger partial charge in [-0.3, -0.25) is 4.55 Å². The van der Waals surface area contributed by atoms with E-state index in [-0.39, 0.29) is 11.7 Å². The maximum atomic E-state index is 10.8. The maximum Gasteiger partial charge on any atom is 0.265 e. The number of methoxy groups -OCH3 is 1. The van der Waals surface area contributed by atoms with Crippen molar-refractivity contribution in [1.82, 2.24) is 9.38 Å². The van der Waals surface area contributed by atoms with E-state index < -0.39 is 10.1 Å². The van der Waals surface area contributed by atoms with Gasteiger partial charge in [-0.25, -0.2) is 4.98 Å². The molecule has 0 aliphatic rings. The summed E-state index contributed by atoms with van der Waals surface area (Å²) in [5, 5.41) is 0. The van der Waals surface area contributed by atoms with Crippen LogP contribution < -0.4 is 4.74 Å². The van der Waals surface area contributed by atoms with Gasteiger partial charge < -0.3 is 9.14 Å². The topological polar surface area (TPSA) is 80.9 Å². The number of pyridine rings is 1. The molecule has 2 rings (SSSR count). The number of ether oxygens (including phenoxy) is 1. The van der Waals surface area contributed by atoms with Crippen LogP contribution in [-0.2, 0) is 16.5 Å². The van der Waals surface area contributed by atoms with E-state index in [1.165, 1.54) is 0 Å². The molecule has 2 aromatic heterocycles. The van der Waals surface area contributed by atoms with Crippen LogP contribution in [0.3, 0.4) is 0 Å². The Morgan fingerprint density at radius 1 is 1.53 bits per heavy atom. The Morgan fingerprint density at radius 2 is 2.26 bits per heavy atom. The van der Waals surface area contributed by atoms with Gasteiger partial charge in [0.15, 0.2) is 0 Å². The summed E-state index contributed by atoms with van der Waals surface area (Å²) in [7, 11) is -2.35. The van der Waals surface area contributed by atoms with E-state index in [0.29, 0.717) is 6.42 Å². The second-order valence-electron chi connectivity index (χ2n) is 4.60. The Bertz CT molecular complexity index is 678. The number of fused-ring (bicyclic) bond motifs is 1. The van der Waals surface area contributed by atoms with Crippen LogP contribution in [0.4, 0.5) is 0 Å². The highest BCUT2D eigenvalue weighted by atomic mass is 32.2. The molecule has 1 N–H and O–H groups in total. The van der Waals surface area contributed by atoms with Crippen molar-refractivity contribution in [2.24, 2.45) is 5.92 Å². The van der Waals surface area contributed by atoms with Gasteiger partial charge in [0.2, 0.25) is 0 Å². The summed E-state index contributed by atoms with van der Waals surface area (Å²) in [6.45, 7) is 1.77. The quantitative estimate of drug-likeness (QED) is 0.840. The van der Waals surface area contributed by atoms with E-state index in [9.17, 15) is 8.42 Å². The predicted molar refractivity (Wildman–Crippen MR) is 71.0 cm³/mol. The highest BCUT2D eigenvalue weighted by Crippen LogP contribution is 2.17. The van der Waals surface area contributed by atoms with Crippen molar-refractivity contribution in [2.45, 2.75) is 13.3 Å². The van der Waals surface area contributed by atoms with Gasteiger partial charge in [-0.05, 0) is 18.4 Å². The fourth-order valence-electron chi connectivity index (χ4n) is 2.07. The number of nitrogens with zero attached hydrogens (tertiary/aromatic N) is 2. The van der Waals surface area contributed by atoms with Crippen molar-refractivity contribution < 1.29 is 17.7 Å². The standard InChI is InChI=1S/C12H16N2O4S/c1-9(8-19(15,16)17)5-10-7-13-12-6-11(18-2)3-4-14(10)12/h3-4,6-7,9H,5,8H2,1-2H3,(H,15,16,17)/t9-/m1/s1. The van der Waals surface area contributed by atoms with Gasteiger partial charge in [0.25, 0.3) is 10.1 Å². The molecule has 7 heteroatoms. The molecular formula is C12H16N2O4S. The number of imidazole rings is 1. The molecule has 6 nitrogen and oxygen atoms in total. The van der Waals surface area contributed by atoms with Crippen molar-refractivity contribution in [2.75, 3.05) is 12.9 Å². The minimum Gasteiger partial charge on any atom is -0.497 e. The Balaban J connectivity index is 2.22. The molecule has 0 amide bonds. The van der Waals surface area contributed by atoms with Crippen LogP contribution in [0.1, 0.15) is 12.6 Å². The second kappa shape index (κ2) is 5.18. The molecule has 1 atom stereocenters. The molecule has 0 aromatic carbocycles. The molecule has 2 aromatic rings. The smallest absolute Gasteiger partial charge is 0.265 e. The maximum absolute atomic E-state index is 10.8. The van der Waals surface area contributed by atoms with Crippen molar-refractivity contribution in [3.05, 3.63) is 30.2 Å². The van der Waals surface area contributed by atoms with Gasteiger partial charge in [0, 0.05) is 24.2 Å². The van der Waals surface area contributed by atoms with Crippen molar-refractivity contribution in [1.29, 1.82) is 0 Å². The number of aromatic nitrogens is 2. The van der Waals surface area contributed by atoms with Gasteiger partial charge >= 0.3 is 0 Å². The fourth-order valence-corrected chi connectivity index (χ4v) is 2.90. The summed E-state index contributed by atoms with van der Waals surface area (Å²) < 4.78 is 37.5. The van der Waals surface area contributed by atoms with E-state index in [0.717, 1.165) is 17.1 Å². The SMILES string of the molecule is COc1ccn2c(C[C@@H](C)CS(=O)(=O)O)cnc2c1. The molecule has 0 unspecified atom stereocenters. The summed E-state index contributed by atoms with van der Waals surface area (Å²) in [6, 6.07) is 3.61. The van der Waals surface area contributed by atoms with Crippen LogP contribution in [-0.4, -0.2) is 35.2 Å². The van der Waals surface area contributed by atoms with Gasteiger partial charge in [0.1, 0.15) is 11.4 Å². The highest BCUT2D eigenvalue weighted by molar-refractivity contribution is 7.85. The molecule has 0 aliphatic heterocycles. The number of hydrogen-bond acceptors (Lipinski definition) is 4. The molecule has 0 saturated carbocycles. The first-order valence-electron chi connectivity index (χ1n) is 5.84. The van der Waals surface area contributed by atoms with E-state index in [2.05, 4.69) is 4.98 Å². The average molecular weight is 284 g/mol. The normalized spacial score (nSPS) is 13.6. The Hall–Kier alpha value is -1.60. The predicted octanol–water partition coefficient (Wildman–Crippen LogP) is 1.41. The van der Waals surface area contributed by atoms with Gasteiger partial charge in [-0.1, -0.05) is 6.92 Å². The van der Waals surface area contributed by atoms with Crippen molar-refractivity contribution in [3.63, 3.8) is 0 Å². The van der Waals surface area contributed by atoms with Crippen LogP contribution in [0, 0.1) is 5.92 Å². The summed E-state index contributed by atoms with van der Waals surface area (Å²) in [5.41, 5.74) is 1.64. The highest BCUT2D eigenvalue weighted by Gasteiger charge is 2.15. The molecule has 0 saturated heterocycles. The molecule has 0 aliphatic carbocycles. The fraction of sp³-hybridized carbons (Fsp3) is 0.417. The monoisotopic (exact) mass is 284 g/mol. The van der Waals surface area contributed by atoms with Crippen LogP contribution in [0.2, 0.25) is 0 Å². The molecule has 0 radical (unpaired) electrons. The van der Waals surface area contributed by atoms with Crippen molar-refractivity contribution in [3.8, 4) is 5.75 Å². The van der Waals surface area contributed by atoms with Crippen LogP contribution in [0.25, 0.3) is 5.65 Å². The first-order chi connectivity index (χ1) is 8.89. The van der Waals surface area contributed by atoms with Gasteiger partial charge in [0.05, 0.1) is 12.9 Å². The Kier molecular flexibility index (Phi) is 3.77. The molecule has 0 fully saturated rings. The molecule has 19 heavy (non-hydrogen) atoms. The lowest BCUT2D eigenvalue weighted by molar-refractivity contribution is 0.414. The van der Waals surface area contributed by atoms with Crippen LogP contribution in [0.5, 0.6) is 5.75 Å². The van der Waals surface area contributed by atoms with E-state index in [1.54, 1.807) is 26.3 Å². The van der Waals surface area contributed by atoms with E-state index in [1.807, 2.05) is 16.7 Å². The van der Waals surface area contributed by atoms with Crippen LogP contribution in [0.15, 0.2) is 24.5 Å². The van der Waals surface area contributed by atoms with Gasteiger partial charge in [-0.2, -0.15) is 8.42 Å². The third-order valence-corrected chi connectivity index (χ3v) is 3.84. The first kappa shape index (κ1) is 13.8. The molecule has 104 valence electrons. The average Bonchev–Trinajstić information content (AvgIpc) is 2.69. The Morgan fingerprint density at radius 3 is 2.89 bits per heavy atom. The van der Waals surface area contributed by atoms with Crippen LogP contribution >= 0.6 is 0 Å². The largest absolute Gasteiger partial charge is 0.497 e. The number of hydrogen-bond donors (Lipinski definition) is 1. The minimum atomic E-state index is -3.94.